The molecule has 7 nitrogen and oxygen atoms in total. The van der Waals surface area contributed by atoms with Gasteiger partial charge in [0.15, 0.2) is 5.65 Å². The number of imidazole rings is 1. The summed E-state index contributed by atoms with van der Waals surface area (Å²) in [4.78, 5) is 36.2. The lowest BCUT2D eigenvalue weighted by atomic mass is 10.3. The van der Waals surface area contributed by atoms with E-state index in [4.69, 9.17) is 0 Å². The van der Waals surface area contributed by atoms with Gasteiger partial charge in [0.05, 0.1) is 12.9 Å². The molecule has 0 fully saturated rings. The third kappa shape index (κ3) is 1.61. The molecule has 0 aliphatic carbocycles. The van der Waals surface area contributed by atoms with Crippen LogP contribution in [0, 0.1) is 0 Å². The van der Waals surface area contributed by atoms with Crippen molar-refractivity contribution in [1.29, 1.82) is 0 Å². The topological polar surface area (TPSA) is 96.4 Å². The lowest BCUT2D eigenvalue weighted by Crippen LogP contribution is -2.30. The monoisotopic (exact) mass is 243 g/mol. The van der Waals surface area contributed by atoms with Gasteiger partial charge in [-0.15, -0.1) is 0 Å². The van der Waals surface area contributed by atoms with Crippen molar-refractivity contribution in [2.75, 3.05) is 0 Å². The Kier molecular flexibility index (Phi) is 2.30. The van der Waals surface area contributed by atoms with Crippen LogP contribution in [0.15, 0.2) is 40.4 Å². The lowest BCUT2D eigenvalue weighted by molar-refractivity contribution is 0.746. The number of fused-ring (bicyclic) bond motifs is 1. The van der Waals surface area contributed by atoms with Crippen molar-refractivity contribution in [3.63, 3.8) is 0 Å². The first-order valence-corrected chi connectivity index (χ1v) is 5.31. The van der Waals surface area contributed by atoms with E-state index in [1.165, 1.54) is 10.9 Å². The van der Waals surface area contributed by atoms with Crippen LogP contribution in [0.25, 0.3) is 11.2 Å². The van der Waals surface area contributed by atoms with Crippen molar-refractivity contribution < 1.29 is 0 Å². The van der Waals surface area contributed by atoms with E-state index in [2.05, 4.69) is 19.9 Å². The van der Waals surface area contributed by atoms with Crippen molar-refractivity contribution in [3.05, 3.63) is 57.3 Å². The Morgan fingerprint density at radius 1 is 1.33 bits per heavy atom. The molecule has 0 amide bonds. The average molecular weight is 243 g/mol. The first-order chi connectivity index (χ1) is 8.75. The van der Waals surface area contributed by atoms with Gasteiger partial charge in [-0.2, -0.15) is 0 Å². The van der Waals surface area contributed by atoms with E-state index >= 15 is 0 Å². The van der Waals surface area contributed by atoms with Crippen LogP contribution in [-0.4, -0.2) is 24.5 Å². The van der Waals surface area contributed by atoms with Crippen LogP contribution < -0.4 is 11.2 Å². The quantitative estimate of drug-likeness (QED) is 0.654. The number of H-pyrrole nitrogens is 2. The molecule has 0 aliphatic heterocycles. The first-order valence-electron chi connectivity index (χ1n) is 5.31. The van der Waals surface area contributed by atoms with E-state index in [0.717, 1.165) is 5.56 Å². The molecule has 90 valence electrons. The molecule has 3 rings (SSSR count). The molecule has 3 heterocycles. The molecule has 0 spiro atoms. The fourth-order valence-corrected chi connectivity index (χ4v) is 1.80. The number of aromatic amines is 2. The van der Waals surface area contributed by atoms with Gasteiger partial charge in [-0.05, 0) is 11.6 Å². The van der Waals surface area contributed by atoms with E-state index in [9.17, 15) is 9.59 Å². The van der Waals surface area contributed by atoms with Gasteiger partial charge in [0.25, 0.3) is 5.56 Å². The first kappa shape index (κ1) is 10.5. The number of hydrogen-bond donors (Lipinski definition) is 2. The predicted molar refractivity (Wildman–Crippen MR) is 64.3 cm³/mol. The maximum atomic E-state index is 11.8. The molecule has 0 saturated heterocycles. The minimum atomic E-state index is -0.483. The SMILES string of the molecule is O=c1[nH]c(=O)n(Cc2cccnc2)c2nc[nH]c12. The molecule has 0 unspecified atom stereocenters. The fraction of sp³-hybridized carbons (Fsp3) is 0.0909. The van der Waals surface area contributed by atoms with E-state index in [1.807, 2.05) is 6.07 Å². The van der Waals surface area contributed by atoms with Crippen molar-refractivity contribution in [2.24, 2.45) is 0 Å². The van der Waals surface area contributed by atoms with Crippen molar-refractivity contribution in [3.8, 4) is 0 Å². The van der Waals surface area contributed by atoms with Crippen LogP contribution >= 0.6 is 0 Å². The molecular weight excluding hydrogens is 234 g/mol. The smallest absolute Gasteiger partial charge is 0.330 e. The Hall–Kier alpha value is -2.70. The molecule has 3 aromatic heterocycles. The summed E-state index contributed by atoms with van der Waals surface area (Å²) >= 11 is 0. The molecular formula is C11H9N5O2. The second-order valence-corrected chi connectivity index (χ2v) is 3.81. The highest BCUT2D eigenvalue weighted by atomic mass is 16.2. The number of pyridine rings is 1. The van der Waals surface area contributed by atoms with Gasteiger partial charge in [-0.1, -0.05) is 6.07 Å². The Morgan fingerprint density at radius 2 is 2.22 bits per heavy atom. The summed E-state index contributed by atoms with van der Waals surface area (Å²) in [5.41, 5.74) is 0.542. The Morgan fingerprint density at radius 3 is 3.00 bits per heavy atom. The predicted octanol–water partition coefficient (Wildman–Crippen LogP) is -0.144. The molecule has 0 bridgehead atoms. The molecule has 2 N–H and O–H groups in total. The number of rotatable bonds is 2. The van der Waals surface area contributed by atoms with Gasteiger partial charge in [0, 0.05) is 12.4 Å². The minimum Gasteiger partial charge on any atom is -0.339 e. The van der Waals surface area contributed by atoms with Crippen LogP contribution in [0.1, 0.15) is 5.56 Å². The lowest BCUT2D eigenvalue weighted by Gasteiger charge is -2.05. The molecule has 7 heteroatoms. The highest BCUT2D eigenvalue weighted by Gasteiger charge is 2.09. The second kappa shape index (κ2) is 3.95. The average Bonchev–Trinajstić information content (AvgIpc) is 2.85. The third-order valence-corrected chi connectivity index (χ3v) is 2.63. The standard InChI is InChI=1S/C11H9N5O2/c17-10-8-9(14-6-13-8)16(11(18)15-10)5-7-2-1-3-12-4-7/h1-4,6H,5H2,(H,13,14)(H,15,17,18). The second-order valence-electron chi connectivity index (χ2n) is 3.81. The molecule has 0 saturated carbocycles. The zero-order valence-corrected chi connectivity index (χ0v) is 9.25. The molecule has 0 aromatic carbocycles. The molecule has 0 aliphatic rings. The molecule has 0 atom stereocenters. The van der Waals surface area contributed by atoms with Gasteiger partial charge >= 0.3 is 5.69 Å². The summed E-state index contributed by atoms with van der Waals surface area (Å²) in [6, 6.07) is 3.64. The van der Waals surface area contributed by atoms with Crippen molar-refractivity contribution in [2.45, 2.75) is 6.54 Å². The van der Waals surface area contributed by atoms with E-state index in [-0.39, 0.29) is 0 Å². The van der Waals surface area contributed by atoms with E-state index < -0.39 is 11.2 Å². The molecule has 3 aromatic rings. The van der Waals surface area contributed by atoms with Gasteiger partial charge in [-0.3, -0.25) is 19.3 Å². The summed E-state index contributed by atoms with van der Waals surface area (Å²) < 4.78 is 1.39. The molecule has 18 heavy (non-hydrogen) atoms. The summed E-state index contributed by atoms with van der Waals surface area (Å²) in [6.07, 6.45) is 4.71. The maximum absolute atomic E-state index is 11.8. The largest absolute Gasteiger partial charge is 0.339 e. The number of aromatic nitrogens is 5. The van der Waals surface area contributed by atoms with Crippen LogP contribution in [0.2, 0.25) is 0 Å². The zero-order valence-electron chi connectivity index (χ0n) is 9.25. The number of hydrogen-bond acceptors (Lipinski definition) is 4. The molecule has 0 radical (unpaired) electrons. The zero-order chi connectivity index (χ0) is 12.5. The van der Waals surface area contributed by atoms with Crippen LogP contribution in [-0.2, 0) is 6.54 Å². The summed E-state index contributed by atoms with van der Waals surface area (Å²) in [6.45, 7) is 0.310. The fourth-order valence-electron chi connectivity index (χ4n) is 1.80. The Balaban J connectivity index is 2.21. The summed E-state index contributed by atoms with van der Waals surface area (Å²) in [7, 11) is 0. The summed E-state index contributed by atoms with van der Waals surface area (Å²) in [5, 5.41) is 0. The summed E-state index contributed by atoms with van der Waals surface area (Å²) in [5.74, 6) is 0. The van der Waals surface area contributed by atoms with Gasteiger partial charge in [0.2, 0.25) is 0 Å². The highest BCUT2D eigenvalue weighted by molar-refractivity contribution is 5.68. The van der Waals surface area contributed by atoms with Crippen LogP contribution in [0.4, 0.5) is 0 Å². The Labute approximate surface area is 100 Å². The highest BCUT2D eigenvalue weighted by Crippen LogP contribution is 2.04. The van der Waals surface area contributed by atoms with Crippen LogP contribution in [0.3, 0.4) is 0 Å². The van der Waals surface area contributed by atoms with Crippen molar-refractivity contribution >= 4 is 11.2 Å². The van der Waals surface area contributed by atoms with E-state index in [0.29, 0.717) is 17.7 Å². The number of nitrogens with one attached hydrogen (secondary N) is 2. The number of nitrogens with zero attached hydrogens (tertiary/aromatic N) is 3. The van der Waals surface area contributed by atoms with Gasteiger partial charge < -0.3 is 4.98 Å². The van der Waals surface area contributed by atoms with E-state index in [1.54, 1.807) is 18.5 Å². The van der Waals surface area contributed by atoms with Crippen LogP contribution in [0.5, 0.6) is 0 Å². The van der Waals surface area contributed by atoms with Gasteiger partial charge in [0.1, 0.15) is 5.52 Å². The maximum Gasteiger partial charge on any atom is 0.330 e. The third-order valence-electron chi connectivity index (χ3n) is 2.63. The van der Waals surface area contributed by atoms with Crippen molar-refractivity contribution in [1.82, 2.24) is 24.5 Å². The van der Waals surface area contributed by atoms with Gasteiger partial charge in [-0.25, -0.2) is 9.78 Å². The normalized spacial score (nSPS) is 10.9. The Bertz CT molecular complexity index is 799. The minimum absolute atomic E-state index is 0.290.